The van der Waals surface area contributed by atoms with Gasteiger partial charge in [0.2, 0.25) is 0 Å². The first kappa shape index (κ1) is 7.62. The van der Waals surface area contributed by atoms with Gasteiger partial charge in [-0.05, 0) is 24.5 Å². The van der Waals surface area contributed by atoms with Gasteiger partial charge in [-0.1, -0.05) is 24.3 Å². The third kappa shape index (κ3) is 1.74. The third-order valence-corrected chi connectivity index (χ3v) is 1.81. The molecule has 1 aromatic carbocycles. The summed E-state index contributed by atoms with van der Waals surface area (Å²) in [5.41, 5.74) is 2.70. The molecule has 1 rings (SSSR count). The van der Waals surface area contributed by atoms with Crippen molar-refractivity contribution in [2.45, 2.75) is 13.3 Å². The minimum Gasteiger partial charge on any atom is -0.126 e. The second kappa shape index (κ2) is 3.62. The lowest BCUT2D eigenvalue weighted by Gasteiger charge is -2.00. The Hall–Kier alpha value is -0.490. The highest BCUT2D eigenvalue weighted by Gasteiger charge is 1.93. The van der Waals surface area contributed by atoms with Crippen molar-refractivity contribution in [2.24, 2.45) is 0 Å². The van der Waals surface area contributed by atoms with Crippen LogP contribution in [0.15, 0.2) is 24.3 Å². The fourth-order valence-corrected chi connectivity index (χ4v) is 1.20. The topological polar surface area (TPSA) is 0 Å². The highest BCUT2D eigenvalue weighted by Crippen LogP contribution is 2.07. The van der Waals surface area contributed by atoms with E-state index in [0.29, 0.717) is 5.88 Å². The zero-order valence-electron chi connectivity index (χ0n) is 6.10. The molecule has 0 saturated heterocycles. The van der Waals surface area contributed by atoms with Gasteiger partial charge in [-0.25, -0.2) is 0 Å². The van der Waals surface area contributed by atoms with Crippen LogP contribution in [0.1, 0.15) is 11.1 Å². The van der Waals surface area contributed by atoms with Crippen LogP contribution in [0.4, 0.5) is 0 Å². The van der Waals surface area contributed by atoms with E-state index < -0.39 is 0 Å². The zero-order valence-corrected chi connectivity index (χ0v) is 6.86. The van der Waals surface area contributed by atoms with Crippen LogP contribution in [0.25, 0.3) is 0 Å². The quantitative estimate of drug-likeness (QED) is 0.575. The maximum Gasteiger partial charge on any atom is 0.0264 e. The monoisotopic (exact) mass is 154 g/mol. The second-order valence-corrected chi connectivity index (χ2v) is 2.74. The van der Waals surface area contributed by atoms with E-state index in [1.807, 2.05) is 6.07 Å². The Morgan fingerprint density at radius 3 is 2.60 bits per heavy atom. The maximum absolute atomic E-state index is 5.61. The standard InChI is InChI=1S/C9H11Cl/c1-8-4-2-3-5-9(8)6-7-10/h2-5H,6-7H2,1H3. The summed E-state index contributed by atoms with van der Waals surface area (Å²) in [7, 11) is 0. The van der Waals surface area contributed by atoms with Crippen LogP contribution < -0.4 is 0 Å². The Kier molecular flexibility index (Phi) is 2.76. The molecule has 0 bridgehead atoms. The van der Waals surface area contributed by atoms with Crippen LogP contribution in [0.5, 0.6) is 0 Å². The molecule has 10 heavy (non-hydrogen) atoms. The summed E-state index contributed by atoms with van der Waals surface area (Å²) in [4.78, 5) is 0. The predicted molar refractivity (Wildman–Crippen MR) is 45.6 cm³/mol. The molecule has 0 aliphatic rings. The summed E-state index contributed by atoms with van der Waals surface area (Å²) in [6, 6.07) is 8.33. The third-order valence-electron chi connectivity index (χ3n) is 1.63. The highest BCUT2D eigenvalue weighted by molar-refractivity contribution is 6.18. The summed E-state index contributed by atoms with van der Waals surface area (Å²) >= 11 is 5.61. The molecule has 0 saturated carbocycles. The number of benzene rings is 1. The Morgan fingerprint density at radius 1 is 1.30 bits per heavy atom. The molecule has 0 unspecified atom stereocenters. The van der Waals surface area contributed by atoms with Crippen molar-refractivity contribution in [3.63, 3.8) is 0 Å². The van der Waals surface area contributed by atoms with Crippen molar-refractivity contribution in [2.75, 3.05) is 5.88 Å². The lowest BCUT2D eigenvalue weighted by atomic mass is 10.1. The van der Waals surface area contributed by atoms with Crippen molar-refractivity contribution in [1.29, 1.82) is 0 Å². The van der Waals surface area contributed by atoms with Gasteiger partial charge < -0.3 is 0 Å². The van der Waals surface area contributed by atoms with Crippen LogP contribution in [-0.2, 0) is 6.42 Å². The van der Waals surface area contributed by atoms with Gasteiger partial charge in [0.05, 0.1) is 0 Å². The van der Waals surface area contributed by atoms with Crippen LogP contribution in [0.3, 0.4) is 0 Å². The molecule has 0 spiro atoms. The van der Waals surface area contributed by atoms with Gasteiger partial charge in [-0.2, -0.15) is 0 Å². The molecular weight excluding hydrogens is 144 g/mol. The summed E-state index contributed by atoms with van der Waals surface area (Å²) in [5.74, 6) is 0.713. The molecule has 0 aromatic heterocycles. The summed E-state index contributed by atoms with van der Waals surface area (Å²) in [6.45, 7) is 2.11. The van der Waals surface area contributed by atoms with Gasteiger partial charge in [0, 0.05) is 5.88 Å². The molecule has 1 heteroatoms. The molecule has 0 atom stereocenters. The largest absolute Gasteiger partial charge is 0.126 e. The van der Waals surface area contributed by atoms with Gasteiger partial charge >= 0.3 is 0 Å². The number of rotatable bonds is 2. The average molecular weight is 155 g/mol. The van der Waals surface area contributed by atoms with E-state index in [1.54, 1.807) is 0 Å². The maximum atomic E-state index is 5.61. The van der Waals surface area contributed by atoms with E-state index in [9.17, 15) is 0 Å². The molecule has 0 heterocycles. The van der Waals surface area contributed by atoms with E-state index >= 15 is 0 Å². The molecular formula is C9H11Cl. The first-order valence-corrected chi connectivity index (χ1v) is 3.98. The Balaban J connectivity index is 2.81. The Bertz CT molecular complexity index is 206. The lowest BCUT2D eigenvalue weighted by molar-refractivity contribution is 1.12. The van der Waals surface area contributed by atoms with Crippen LogP contribution >= 0.6 is 11.6 Å². The van der Waals surface area contributed by atoms with Crippen molar-refractivity contribution in [3.05, 3.63) is 35.4 Å². The number of halogens is 1. The van der Waals surface area contributed by atoms with Crippen molar-refractivity contribution in [1.82, 2.24) is 0 Å². The van der Waals surface area contributed by atoms with Crippen LogP contribution in [0, 0.1) is 6.92 Å². The number of aryl methyl sites for hydroxylation is 2. The molecule has 0 nitrogen and oxygen atoms in total. The molecule has 0 N–H and O–H groups in total. The molecule has 0 amide bonds. The lowest BCUT2D eigenvalue weighted by Crippen LogP contribution is -1.88. The normalized spacial score (nSPS) is 9.80. The van der Waals surface area contributed by atoms with Gasteiger partial charge in [-0.15, -0.1) is 11.6 Å². The van der Waals surface area contributed by atoms with Crippen LogP contribution in [0.2, 0.25) is 0 Å². The average Bonchev–Trinajstić information content (AvgIpc) is 1.94. The smallest absolute Gasteiger partial charge is 0.0264 e. The SMILES string of the molecule is Cc1ccccc1CCCl. The second-order valence-electron chi connectivity index (χ2n) is 2.37. The van der Waals surface area contributed by atoms with E-state index in [0.717, 1.165) is 6.42 Å². The number of hydrogen-bond donors (Lipinski definition) is 0. The first-order chi connectivity index (χ1) is 4.84. The van der Waals surface area contributed by atoms with Crippen LogP contribution in [-0.4, -0.2) is 5.88 Å². The van der Waals surface area contributed by atoms with E-state index in [1.165, 1.54) is 11.1 Å². The first-order valence-electron chi connectivity index (χ1n) is 3.45. The Labute approximate surface area is 66.8 Å². The van der Waals surface area contributed by atoms with E-state index in [-0.39, 0.29) is 0 Å². The van der Waals surface area contributed by atoms with E-state index in [4.69, 9.17) is 11.6 Å². The van der Waals surface area contributed by atoms with E-state index in [2.05, 4.69) is 25.1 Å². The minimum atomic E-state index is 0.713. The van der Waals surface area contributed by atoms with Gasteiger partial charge in [0.25, 0.3) is 0 Å². The minimum absolute atomic E-state index is 0.713. The van der Waals surface area contributed by atoms with Gasteiger partial charge in [0.1, 0.15) is 0 Å². The molecule has 0 aliphatic carbocycles. The summed E-state index contributed by atoms with van der Waals surface area (Å²) in [5, 5.41) is 0. The van der Waals surface area contributed by atoms with Crippen molar-refractivity contribution >= 4 is 11.6 Å². The van der Waals surface area contributed by atoms with Gasteiger partial charge in [-0.3, -0.25) is 0 Å². The highest BCUT2D eigenvalue weighted by atomic mass is 35.5. The van der Waals surface area contributed by atoms with Crippen molar-refractivity contribution in [3.8, 4) is 0 Å². The zero-order chi connectivity index (χ0) is 7.40. The molecule has 0 fully saturated rings. The van der Waals surface area contributed by atoms with Crippen molar-refractivity contribution < 1.29 is 0 Å². The molecule has 54 valence electrons. The predicted octanol–water partition coefficient (Wildman–Crippen LogP) is 2.78. The number of alkyl halides is 1. The Morgan fingerprint density at radius 2 is 2.00 bits per heavy atom. The van der Waals surface area contributed by atoms with Gasteiger partial charge in [0.15, 0.2) is 0 Å². The fraction of sp³-hybridized carbons (Fsp3) is 0.333. The molecule has 1 aromatic rings. The molecule has 0 aliphatic heterocycles. The summed E-state index contributed by atoms with van der Waals surface area (Å²) in [6.07, 6.45) is 0.980. The fourth-order valence-electron chi connectivity index (χ4n) is 0.992. The number of hydrogen-bond acceptors (Lipinski definition) is 0. The molecule has 0 radical (unpaired) electrons. The summed E-state index contributed by atoms with van der Waals surface area (Å²) < 4.78 is 0.